The number of fused-ring (bicyclic) bond motifs is 1. The molecule has 0 saturated carbocycles. The minimum Gasteiger partial charge on any atom is -0.492 e. The van der Waals surface area contributed by atoms with E-state index in [9.17, 15) is 0 Å². The summed E-state index contributed by atoms with van der Waals surface area (Å²) in [5.41, 5.74) is 0. The van der Waals surface area contributed by atoms with E-state index >= 15 is 0 Å². The molecule has 1 N–H and O–H groups in total. The smallest absolute Gasteiger partial charge is 0.119 e. The number of nitrogens with zero attached hydrogens (tertiary/aromatic N) is 1. The molecule has 3 rings (SSSR count). The van der Waals surface area contributed by atoms with Crippen molar-refractivity contribution in [2.45, 2.75) is 37.8 Å². The van der Waals surface area contributed by atoms with Crippen molar-refractivity contribution < 1.29 is 4.74 Å². The Kier molecular flexibility index (Phi) is 4.36. The molecule has 1 aromatic carbocycles. The molecule has 3 heteroatoms. The molecule has 3 nitrogen and oxygen atoms in total. The monoisotopic (exact) mass is 260 g/mol. The van der Waals surface area contributed by atoms with Gasteiger partial charge in [0.05, 0.1) is 0 Å². The van der Waals surface area contributed by atoms with Gasteiger partial charge in [-0.1, -0.05) is 18.2 Å². The van der Waals surface area contributed by atoms with E-state index in [4.69, 9.17) is 4.74 Å². The Labute approximate surface area is 115 Å². The Balaban J connectivity index is 1.34. The highest BCUT2D eigenvalue weighted by Gasteiger charge is 2.31. The predicted octanol–water partition coefficient (Wildman–Crippen LogP) is 2.28. The summed E-state index contributed by atoms with van der Waals surface area (Å²) in [6.07, 6.45) is 5.42. The molecule has 2 heterocycles. The van der Waals surface area contributed by atoms with Crippen molar-refractivity contribution in [3.63, 3.8) is 0 Å². The Morgan fingerprint density at radius 2 is 2.05 bits per heavy atom. The maximum Gasteiger partial charge on any atom is 0.119 e. The number of hydrogen-bond donors (Lipinski definition) is 1. The Bertz CT molecular complexity index is 382. The van der Waals surface area contributed by atoms with Gasteiger partial charge in [0.25, 0.3) is 0 Å². The maximum atomic E-state index is 5.71. The number of hydrogen-bond acceptors (Lipinski definition) is 3. The van der Waals surface area contributed by atoms with Crippen molar-refractivity contribution in [2.24, 2.45) is 0 Å². The van der Waals surface area contributed by atoms with Crippen LogP contribution >= 0.6 is 0 Å². The molecule has 1 aromatic rings. The van der Waals surface area contributed by atoms with E-state index < -0.39 is 0 Å². The van der Waals surface area contributed by atoms with Crippen LogP contribution in [0.5, 0.6) is 5.75 Å². The Hall–Kier alpha value is -1.06. The quantitative estimate of drug-likeness (QED) is 0.822. The Morgan fingerprint density at radius 1 is 1.16 bits per heavy atom. The second-order valence-corrected chi connectivity index (χ2v) is 5.67. The SMILES string of the molecule is c1ccc(OCCNC2CCN3CCCC3C2)cc1. The molecule has 19 heavy (non-hydrogen) atoms. The minimum absolute atomic E-state index is 0.693. The molecule has 2 unspecified atom stereocenters. The van der Waals surface area contributed by atoms with Gasteiger partial charge >= 0.3 is 0 Å². The third-order valence-corrected chi connectivity index (χ3v) is 4.37. The zero-order chi connectivity index (χ0) is 12.9. The van der Waals surface area contributed by atoms with Crippen LogP contribution < -0.4 is 10.1 Å². The number of benzene rings is 1. The summed E-state index contributed by atoms with van der Waals surface area (Å²) in [5, 5.41) is 3.65. The van der Waals surface area contributed by atoms with Crippen LogP contribution in [0.25, 0.3) is 0 Å². The van der Waals surface area contributed by atoms with Gasteiger partial charge in [-0.3, -0.25) is 0 Å². The summed E-state index contributed by atoms with van der Waals surface area (Å²) in [6.45, 7) is 4.32. The van der Waals surface area contributed by atoms with Crippen LogP contribution in [0, 0.1) is 0 Å². The average Bonchev–Trinajstić information content (AvgIpc) is 2.92. The van der Waals surface area contributed by atoms with Crippen molar-refractivity contribution >= 4 is 0 Å². The third-order valence-electron chi connectivity index (χ3n) is 4.37. The molecule has 0 spiro atoms. The molecule has 2 saturated heterocycles. The Morgan fingerprint density at radius 3 is 2.95 bits per heavy atom. The average molecular weight is 260 g/mol. The predicted molar refractivity (Wildman–Crippen MR) is 77.6 cm³/mol. The van der Waals surface area contributed by atoms with Crippen LogP contribution in [0.3, 0.4) is 0 Å². The molecule has 104 valence electrons. The first-order valence-corrected chi connectivity index (χ1v) is 7.57. The van der Waals surface area contributed by atoms with Crippen LogP contribution in [-0.4, -0.2) is 43.2 Å². The summed E-state index contributed by atoms with van der Waals surface area (Å²) in [4.78, 5) is 2.67. The first kappa shape index (κ1) is 12.9. The lowest BCUT2D eigenvalue weighted by Crippen LogP contribution is -2.46. The highest BCUT2D eigenvalue weighted by Crippen LogP contribution is 2.26. The number of nitrogens with one attached hydrogen (secondary N) is 1. The molecule has 0 bridgehead atoms. The second kappa shape index (κ2) is 6.40. The number of ether oxygens (including phenoxy) is 1. The van der Waals surface area contributed by atoms with Gasteiger partial charge < -0.3 is 15.0 Å². The fraction of sp³-hybridized carbons (Fsp3) is 0.625. The van der Waals surface area contributed by atoms with Crippen molar-refractivity contribution in [1.29, 1.82) is 0 Å². The standard InChI is InChI=1S/C16H24N2O/c1-2-6-16(7-3-1)19-12-9-17-14-8-11-18-10-4-5-15(18)13-14/h1-3,6-7,14-15,17H,4-5,8-13H2. The van der Waals surface area contributed by atoms with Crippen molar-refractivity contribution in [1.82, 2.24) is 10.2 Å². The van der Waals surface area contributed by atoms with Crippen LogP contribution in [0.15, 0.2) is 30.3 Å². The summed E-state index contributed by atoms with van der Waals surface area (Å²) < 4.78 is 5.71. The van der Waals surface area contributed by atoms with E-state index in [1.165, 1.54) is 38.8 Å². The second-order valence-electron chi connectivity index (χ2n) is 5.67. The highest BCUT2D eigenvalue weighted by molar-refractivity contribution is 5.20. The molecule has 0 aliphatic carbocycles. The van der Waals surface area contributed by atoms with Gasteiger partial charge in [-0.2, -0.15) is 0 Å². The van der Waals surface area contributed by atoms with Gasteiger partial charge in [-0.25, -0.2) is 0 Å². The summed E-state index contributed by atoms with van der Waals surface area (Å²) in [6, 6.07) is 11.6. The van der Waals surface area contributed by atoms with Gasteiger partial charge in [0.2, 0.25) is 0 Å². The van der Waals surface area contributed by atoms with Crippen LogP contribution in [0.1, 0.15) is 25.7 Å². The summed E-state index contributed by atoms with van der Waals surface area (Å²) >= 11 is 0. The van der Waals surface area contributed by atoms with Gasteiger partial charge in [0, 0.05) is 18.6 Å². The normalized spacial score (nSPS) is 27.2. The molecular weight excluding hydrogens is 236 g/mol. The van der Waals surface area contributed by atoms with E-state index in [-0.39, 0.29) is 0 Å². The number of piperidine rings is 1. The van der Waals surface area contributed by atoms with E-state index in [1.54, 1.807) is 0 Å². The number of rotatable bonds is 5. The molecule has 2 fully saturated rings. The van der Waals surface area contributed by atoms with Crippen molar-refractivity contribution in [3.8, 4) is 5.75 Å². The van der Waals surface area contributed by atoms with E-state index in [1.807, 2.05) is 30.3 Å². The first-order valence-electron chi connectivity index (χ1n) is 7.57. The zero-order valence-electron chi connectivity index (χ0n) is 11.6. The van der Waals surface area contributed by atoms with Gasteiger partial charge in [-0.15, -0.1) is 0 Å². The van der Waals surface area contributed by atoms with Crippen LogP contribution in [0.2, 0.25) is 0 Å². The van der Waals surface area contributed by atoms with Gasteiger partial charge in [0.1, 0.15) is 12.4 Å². The van der Waals surface area contributed by atoms with Crippen LogP contribution in [-0.2, 0) is 0 Å². The van der Waals surface area contributed by atoms with Gasteiger partial charge in [0.15, 0.2) is 0 Å². The lowest BCUT2D eigenvalue weighted by atomic mass is 9.98. The van der Waals surface area contributed by atoms with Crippen LogP contribution in [0.4, 0.5) is 0 Å². The fourth-order valence-electron chi connectivity index (χ4n) is 3.36. The third kappa shape index (κ3) is 3.48. The van der Waals surface area contributed by atoms with E-state index in [0.717, 1.165) is 24.9 Å². The highest BCUT2D eigenvalue weighted by atomic mass is 16.5. The van der Waals surface area contributed by atoms with E-state index in [2.05, 4.69) is 10.2 Å². The topological polar surface area (TPSA) is 24.5 Å². The molecular formula is C16H24N2O. The lowest BCUT2D eigenvalue weighted by molar-refractivity contribution is 0.163. The first-order chi connectivity index (χ1) is 9.42. The fourth-order valence-corrected chi connectivity index (χ4v) is 3.36. The molecule has 2 aliphatic heterocycles. The largest absolute Gasteiger partial charge is 0.492 e. The van der Waals surface area contributed by atoms with Crippen molar-refractivity contribution in [3.05, 3.63) is 30.3 Å². The summed E-state index contributed by atoms with van der Waals surface area (Å²) in [7, 11) is 0. The number of para-hydroxylation sites is 1. The van der Waals surface area contributed by atoms with Crippen molar-refractivity contribution in [2.75, 3.05) is 26.2 Å². The molecule has 0 aromatic heterocycles. The maximum absolute atomic E-state index is 5.71. The molecule has 2 aliphatic rings. The minimum atomic E-state index is 0.693. The lowest BCUT2D eigenvalue weighted by Gasteiger charge is -2.35. The van der Waals surface area contributed by atoms with Gasteiger partial charge in [-0.05, 0) is 50.9 Å². The van der Waals surface area contributed by atoms with E-state index in [0.29, 0.717) is 6.04 Å². The summed E-state index contributed by atoms with van der Waals surface area (Å²) in [5.74, 6) is 0.968. The molecule has 0 amide bonds. The molecule has 2 atom stereocenters. The molecule has 0 radical (unpaired) electrons. The zero-order valence-corrected chi connectivity index (χ0v) is 11.6.